The highest BCUT2D eigenvalue weighted by molar-refractivity contribution is 5.05. The highest BCUT2D eigenvalue weighted by Crippen LogP contribution is 2.30. The average molecular weight is 219 g/mol. The summed E-state index contributed by atoms with van der Waals surface area (Å²) in [5, 5.41) is 2.40. The summed E-state index contributed by atoms with van der Waals surface area (Å²) in [4.78, 5) is 7.28. The van der Waals surface area contributed by atoms with E-state index in [2.05, 4.69) is 15.3 Å². The number of hydrogen-bond acceptors (Lipinski definition) is 3. The fourth-order valence-corrected chi connectivity index (χ4v) is 1.14. The second kappa shape index (κ2) is 5.06. The maximum Gasteiger partial charge on any atom is 0.409 e. The van der Waals surface area contributed by atoms with Gasteiger partial charge < -0.3 is 5.32 Å². The van der Waals surface area contributed by atoms with E-state index in [0.29, 0.717) is 13.0 Å². The molecule has 6 heteroatoms. The van der Waals surface area contributed by atoms with Gasteiger partial charge in [-0.2, -0.15) is 13.2 Å². The molecule has 1 N–H and O–H groups in total. The Kier molecular flexibility index (Phi) is 4.02. The predicted molar refractivity (Wildman–Crippen MR) is 49.1 cm³/mol. The summed E-state index contributed by atoms with van der Waals surface area (Å²) < 4.78 is 37.8. The van der Waals surface area contributed by atoms with Crippen molar-refractivity contribution >= 4 is 0 Å². The van der Waals surface area contributed by atoms with Crippen LogP contribution in [0.3, 0.4) is 0 Å². The lowest BCUT2D eigenvalue weighted by atomic mass is 10.2. The van der Waals surface area contributed by atoms with Gasteiger partial charge >= 0.3 is 6.18 Å². The van der Waals surface area contributed by atoms with Crippen molar-refractivity contribution < 1.29 is 13.2 Å². The number of alkyl halides is 3. The molecule has 1 unspecified atom stereocenters. The van der Waals surface area contributed by atoms with Crippen molar-refractivity contribution in [3.05, 3.63) is 24.3 Å². The van der Waals surface area contributed by atoms with E-state index in [1.807, 2.05) is 0 Å². The average Bonchev–Trinajstić information content (AvgIpc) is 2.18. The van der Waals surface area contributed by atoms with Crippen LogP contribution in [0, 0.1) is 0 Å². The third-order valence-corrected chi connectivity index (χ3v) is 1.80. The summed E-state index contributed by atoms with van der Waals surface area (Å²) in [5.41, 5.74) is -0.0987. The predicted octanol–water partition coefficient (Wildman–Crippen LogP) is 2.08. The molecule has 15 heavy (non-hydrogen) atoms. The van der Waals surface area contributed by atoms with Crippen LogP contribution in [-0.4, -0.2) is 22.7 Å². The van der Waals surface area contributed by atoms with Crippen LogP contribution in [0.5, 0.6) is 0 Å². The van der Waals surface area contributed by atoms with Crippen molar-refractivity contribution in [3.63, 3.8) is 0 Å². The third-order valence-electron chi connectivity index (χ3n) is 1.80. The molecule has 1 heterocycles. The molecule has 0 fully saturated rings. The van der Waals surface area contributed by atoms with Gasteiger partial charge in [-0.25, -0.2) is 0 Å². The van der Waals surface area contributed by atoms with Crippen molar-refractivity contribution in [2.24, 2.45) is 0 Å². The quantitative estimate of drug-likeness (QED) is 0.842. The Labute approximate surface area is 85.7 Å². The van der Waals surface area contributed by atoms with Gasteiger partial charge in [0.15, 0.2) is 0 Å². The molecule has 0 amide bonds. The molecule has 1 rings (SSSR count). The number of aromatic nitrogens is 2. The van der Waals surface area contributed by atoms with Crippen molar-refractivity contribution in [3.8, 4) is 0 Å². The molecule has 1 aromatic heterocycles. The van der Waals surface area contributed by atoms with E-state index >= 15 is 0 Å². The summed E-state index contributed by atoms with van der Waals surface area (Å²) in [7, 11) is 0. The first-order valence-electron chi connectivity index (χ1n) is 4.61. The number of nitrogens with zero attached hydrogens (tertiary/aromatic N) is 2. The van der Waals surface area contributed by atoms with Crippen LogP contribution >= 0.6 is 0 Å². The molecule has 0 spiro atoms. The zero-order valence-corrected chi connectivity index (χ0v) is 8.25. The molecule has 0 bridgehead atoms. The Morgan fingerprint density at radius 2 is 2.13 bits per heavy atom. The van der Waals surface area contributed by atoms with Crippen molar-refractivity contribution in [2.75, 3.05) is 6.54 Å². The first-order chi connectivity index (χ1) is 7.05. The minimum absolute atomic E-state index is 0.0987. The van der Waals surface area contributed by atoms with Crippen molar-refractivity contribution in [1.29, 1.82) is 0 Å². The maximum absolute atomic E-state index is 12.6. The van der Waals surface area contributed by atoms with Gasteiger partial charge in [0.05, 0.1) is 11.9 Å². The Hall–Kier alpha value is -1.17. The number of rotatable bonds is 4. The largest absolute Gasteiger partial charge is 0.409 e. The summed E-state index contributed by atoms with van der Waals surface area (Å²) in [5.74, 6) is 0. The molecule has 84 valence electrons. The lowest BCUT2D eigenvalue weighted by Crippen LogP contribution is -2.35. The molecule has 0 aliphatic heterocycles. The first-order valence-corrected chi connectivity index (χ1v) is 4.61. The maximum atomic E-state index is 12.6. The van der Waals surface area contributed by atoms with Gasteiger partial charge in [0.2, 0.25) is 0 Å². The molecule has 0 aliphatic rings. The molecule has 1 atom stereocenters. The topological polar surface area (TPSA) is 37.8 Å². The molecule has 0 aliphatic carbocycles. The second-order valence-electron chi connectivity index (χ2n) is 3.06. The smallest absolute Gasteiger partial charge is 0.301 e. The van der Waals surface area contributed by atoms with Gasteiger partial charge in [0.1, 0.15) is 6.04 Å². The number of hydrogen-bond donors (Lipinski definition) is 1. The zero-order valence-electron chi connectivity index (χ0n) is 8.25. The van der Waals surface area contributed by atoms with Gasteiger partial charge in [-0.05, 0) is 13.0 Å². The SMILES string of the molecule is CCCNC(c1cnccn1)C(F)(F)F. The minimum Gasteiger partial charge on any atom is -0.301 e. The third kappa shape index (κ3) is 3.47. The van der Waals surface area contributed by atoms with Gasteiger partial charge in [0, 0.05) is 12.4 Å². The van der Waals surface area contributed by atoms with E-state index in [9.17, 15) is 13.2 Å². The van der Waals surface area contributed by atoms with Crippen LogP contribution in [0.25, 0.3) is 0 Å². The minimum atomic E-state index is -4.34. The number of nitrogens with one attached hydrogen (secondary N) is 1. The van der Waals surface area contributed by atoms with Crippen molar-refractivity contribution in [2.45, 2.75) is 25.6 Å². The summed E-state index contributed by atoms with van der Waals surface area (Å²) in [6, 6.07) is -1.73. The number of halogens is 3. The van der Waals surface area contributed by atoms with Crippen LogP contribution in [0.15, 0.2) is 18.6 Å². The molecule has 0 radical (unpaired) electrons. The van der Waals surface area contributed by atoms with E-state index in [1.165, 1.54) is 12.4 Å². The van der Waals surface area contributed by atoms with Crippen LogP contribution in [0.4, 0.5) is 13.2 Å². The van der Waals surface area contributed by atoms with Gasteiger partial charge in [-0.15, -0.1) is 0 Å². The monoisotopic (exact) mass is 219 g/mol. The lowest BCUT2D eigenvalue weighted by Gasteiger charge is -2.20. The molecular formula is C9H12F3N3. The second-order valence-corrected chi connectivity index (χ2v) is 3.06. The molecule has 0 saturated carbocycles. The standard InChI is InChI=1S/C9H12F3N3/c1-2-3-15-8(9(10,11)12)7-6-13-4-5-14-7/h4-6,8,15H,2-3H2,1H3. The first kappa shape index (κ1) is 11.9. The molecule has 1 aromatic rings. The fraction of sp³-hybridized carbons (Fsp3) is 0.556. The Bertz CT molecular complexity index is 286. The molecular weight excluding hydrogens is 207 g/mol. The summed E-state index contributed by atoms with van der Waals surface area (Å²) in [6.07, 6.45) is 0.0112. The Morgan fingerprint density at radius 3 is 2.60 bits per heavy atom. The van der Waals surface area contributed by atoms with E-state index in [4.69, 9.17) is 0 Å². The molecule has 0 aromatic carbocycles. The lowest BCUT2D eigenvalue weighted by molar-refractivity contribution is -0.158. The van der Waals surface area contributed by atoms with E-state index in [1.54, 1.807) is 6.92 Å². The fourth-order valence-electron chi connectivity index (χ4n) is 1.14. The van der Waals surface area contributed by atoms with Crippen molar-refractivity contribution in [1.82, 2.24) is 15.3 Å². The van der Waals surface area contributed by atoms with Crippen LogP contribution in [0.1, 0.15) is 25.1 Å². The normalized spacial score (nSPS) is 13.9. The van der Waals surface area contributed by atoms with Gasteiger partial charge in [-0.3, -0.25) is 9.97 Å². The van der Waals surface area contributed by atoms with Crippen LogP contribution in [0.2, 0.25) is 0 Å². The van der Waals surface area contributed by atoms with Gasteiger partial charge in [-0.1, -0.05) is 6.92 Å². The highest BCUT2D eigenvalue weighted by atomic mass is 19.4. The highest BCUT2D eigenvalue weighted by Gasteiger charge is 2.41. The Balaban J connectivity index is 2.82. The van der Waals surface area contributed by atoms with E-state index < -0.39 is 12.2 Å². The van der Waals surface area contributed by atoms with Crippen LogP contribution < -0.4 is 5.32 Å². The van der Waals surface area contributed by atoms with E-state index in [-0.39, 0.29) is 5.69 Å². The molecule has 3 nitrogen and oxygen atoms in total. The van der Waals surface area contributed by atoms with Gasteiger partial charge in [0.25, 0.3) is 0 Å². The Morgan fingerprint density at radius 1 is 1.40 bits per heavy atom. The molecule has 0 saturated heterocycles. The zero-order chi connectivity index (χ0) is 11.3. The summed E-state index contributed by atoms with van der Waals surface area (Å²) >= 11 is 0. The van der Waals surface area contributed by atoms with E-state index in [0.717, 1.165) is 6.20 Å². The van der Waals surface area contributed by atoms with Crippen LogP contribution in [-0.2, 0) is 0 Å². The summed E-state index contributed by atoms with van der Waals surface area (Å²) in [6.45, 7) is 2.10.